The zero-order valence-corrected chi connectivity index (χ0v) is 11.6. The second-order valence-electron chi connectivity index (χ2n) is 4.11. The van der Waals surface area contributed by atoms with Crippen molar-refractivity contribution in [2.45, 2.75) is 6.04 Å². The van der Waals surface area contributed by atoms with Gasteiger partial charge >= 0.3 is 0 Å². The molecule has 0 aliphatic heterocycles. The molecule has 0 radical (unpaired) electrons. The number of nitrogens with two attached hydrogens (primary N) is 1. The van der Waals surface area contributed by atoms with Crippen LogP contribution in [0.15, 0.2) is 42.5 Å². The van der Waals surface area contributed by atoms with Crippen LogP contribution >= 0.6 is 11.6 Å². The van der Waals surface area contributed by atoms with Gasteiger partial charge in [0.15, 0.2) is 0 Å². The third-order valence-electron chi connectivity index (χ3n) is 3.02. The Bertz CT molecular complexity index is 572. The van der Waals surface area contributed by atoms with Crippen molar-refractivity contribution in [1.29, 1.82) is 0 Å². The van der Waals surface area contributed by atoms with E-state index in [0.29, 0.717) is 10.8 Å². The zero-order chi connectivity index (χ0) is 13.8. The number of methoxy groups -OCH3 is 2. The number of halogens is 1. The second kappa shape index (κ2) is 5.95. The Morgan fingerprint density at radius 2 is 1.74 bits per heavy atom. The van der Waals surface area contributed by atoms with Crippen LogP contribution in [-0.2, 0) is 0 Å². The molecule has 0 unspecified atom stereocenters. The van der Waals surface area contributed by atoms with Crippen molar-refractivity contribution in [1.82, 2.24) is 0 Å². The molecule has 19 heavy (non-hydrogen) atoms. The van der Waals surface area contributed by atoms with Crippen molar-refractivity contribution in [2.24, 2.45) is 5.73 Å². The quantitative estimate of drug-likeness (QED) is 0.931. The summed E-state index contributed by atoms with van der Waals surface area (Å²) in [7, 11) is 3.22. The van der Waals surface area contributed by atoms with Gasteiger partial charge in [0.2, 0.25) is 0 Å². The Hall–Kier alpha value is -1.71. The molecule has 0 heterocycles. The van der Waals surface area contributed by atoms with E-state index in [0.717, 1.165) is 16.9 Å². The van der Waals surface area contributed by atoms with Gasteiger partial charge in [0.1, 0.15) is 11.5 Å². The standard InChI is InChI=1S/C15H16ClNO2/c1-18-10-7-8-12(14(9-10)19-2)15(17)11-5-3-4-6-13(11)16/h3-9,15H,17H2,1-2H3/t15-/m0/s1. The highest BCUT2D eigenvalue weighted by Crippen LogP contribution is 2.33. The lowest BCUT2D eigenvalue weighted by Crippen LogP contribution is -2.13. The van der Waals surface area contributed by atoms with E-state index in [1.54, 1.807) is 14.2 Å². The van der Waals surface area contributed by atoms with Crippen LogP contribution in [0.5, 0.6) is 11.5 Å². The summed E-state index contributed by atoms with van der Waals surface area (Å²) in [4.78, 5) is 0. The molecule has 0 aliphatic rings. The molecule has 0 saturated carbocycles. The van der Waals surface area contributed by atoms with E-state index in [-0.39, 0.29) is 6.04 Å². The van der Waals surface area contributed by atoms with Crippen LogP contribution in [0, 0.1) is 0 Å². The minimum Gasteiger partial charge on any atom is -0.497 e. The summed E-state index contributed by atoms with van der Waals surface area (Å²) in [6.07, 6.45) is 0. The number of benzene rings is 2. The van der Waals surface area contributed by atoms with Gasteiger partial charge < -0.3 is 15.2 Å². The first-order valence-electron chi connectivity index (χ1n) is 5.89. The van der Waals surface area contributed by atoms with E-state index in [4.69, 9.17) is 26.8 Å². The Morgan fingerprint density at radius 3 is 2.37 bits per heavy atom. The van der Waals surface area contributed by atoms with Crippen molar-refractivity contribution in [3.05, 3.63) is 58.6 Å². The summed E-state index contributed by atoms with van der Waals surface area (Å²) in [6, 6.07) is 12.8. The summed E-state index contributed by atoms with van der Waals surface area (Å²) in [5.74, 6) is 1.42. The smallest absolute Gasteiger partial charge is 0.127 e. The Kier molecular flexibility index (Phi) is 4.30. The molecular formula is C15H16ClNO2. The Morgan fingerprint density at radius 1 is 1.00 bits per heavy atom. The first-order chi connectivity index (χ1) is 9.17. The number of rotatable bonds is 4. The molecule has 0 amide bonds. The van der Waals surface area contributed by atoms with Gasteiger partial charge in [-0.05, 0) is 23.8 Å². The van der Waals surface area contributed by atoms with E-state index >= 15 is 0 Å². The van der Waals surface area contributed by atoms with Gasteiger partial charge in [0, 0.05) is 16.7 Å². The molecule has 0 bridgehead atoms. The second-order valence-corrected chi connectivity index (χ2v) is 4.51. The van der Waals surface area contributed by atoms with Gasteiger partial charge in [-0.3, -0.25) is 0 Å². The monoisotopic (exact) mass is 277 g/mol. The fourth-order valence-electron chi connectivity index (χ4n) is 1.97. The van der Waals surface area contributed by atoms with Crippen LogP contribution in [0.1, 0.15) is 17.2 Å². The fourth-order valence-corrected chi connectivity index (χ4v) is 2.22. The molecule has 2 aromatic rings. The lowest BCUT2D eigenvalue weighted by Gasteiger charge is -2.18. The average Bonchev–Trinajstić information content (AvgIpc) is 2.46. The lowest BCUT2D eigenvalue weighted by molar-refractivity contribution is 0.390. The number of ether oxygens (including phenoxy) is 2. The molecular weight excluding hydrogens is 262 g/mol. The van der Waals surface area contributed by atoms with Gasteiger partial charge in [-0.15, -0.1) is 0 Å². The van der Waals surface area contributed by atoms with Crippen LogP contribution in [0.4, 0.5) is 0 Å². The summed E-state index contributed by atoms with van der Waals surface area (Å²) < 4.78 is 10.5. The molecule has 100 valence electrons. The molecule has 2 aromatic carbocycles. The van der Waals surface area contributed by atoms with Crippen LogP contribution in [0.2, 0.25) is 5.02 Å². The molecule has 0 saturated heterocycles. The Balaban J connectivity index is 2.44. The van der Waals surface area contributed by atoms with Crippen LogP contribution in [0.25, 0.3) is 0 Å². The third kappa shape index (κ3) is 2.83. The largest absolute Gasteiger partial charge is 0.497 e. The molecule has 1 atom stereocenters. The molecule has 0 spiro atoms. The minimum atomic E-state index is -0.338. The SMILES string of the molecule is COc1ccc([C@@H](N)c2ccccc2Cl)c(OC)c1. The van der Waals surface area contributed by atoms with Gasteiger partial charge in [-0.1, -0.05) is 29.8 Å². The summed E-state index contributed by atoms with van der Waals surface area (Å²) >= 11 is 6.18. The van der Waals surface area contributed by atoms with Crippen molar-refractivity contribution < 1.29 is 9.47 Å². The van der Waals surface area contributed by atoms with E-state index in [1.165, 1.54) is 0 Å². The predicted molar refractivity (Wildman–Crippen MR) is 77.0 cm³/mol. The first kappa shape index (κ1) is 13.7. The molecule has 2 rings (SSSR count). The highest BCUT2D eigenvalue weighted by atomic mass is 35.5. The molecule has 0 aromatic heterocycles. The van der Waals surface area contributed by atoms with E-state index in [9.17, 15) is 0 Å². The van der Waals surface area contributed by atoms with Crippen molar-refractivity contribution in [3.63, 3.8) is 0 Å². The van der Waals surface area contributed by atoms with Crippen molar-refractivity contribution in [3.8, 4) is 11.5 Å². The molecule has 2 N–H and O–H groups in total. The highest BCUT2D eigenvalue weighted by molar-refractivity contribution is 6.31. The summed E-state index contributed by atoms with van der Waals surface area (Å²) in [5.41, 5.74) is 8.02. The van der Waals surface area contributed by atoms with Gasteiger partial charge in [0.25, 0.3) is 0 Å². The summed E-state index contributed by atoms with van der Waals surface area (Å²) in [6.45, 7) is 0. The van der Waals surface area contributed by atoms with E-state index < -0.39 is 0 Å². The first-order valence-corrected chi connectivity index (χ1v) is 6.27. The lowest BCUT2D eigenvalue weighted by atomic mass is 9.98. The average molecular weight is 278 g/mol. The maximum Gasteiger partial charge on any atom is 0.127 e. The van der Waals surface area contributed by atoms with Crippen LogP contribution in [-0.4, -0.2) is 14.2 Å². The van der Waals surface area contributed by atoms with Crippen LogP contribution in [0.3, 0.4) is 0 Å². The maximum atomic E-state index is 6.28. The van der Waals surface area contributed by atoms with Crippen molar-refractivity contribution in [2.75, 3.05) is 14.2 Å². The number of hydrogen-bond acceptors (Lipinski definition) is 3. The van der Waals surface area contributed by atoms with Gasteiger partial charge in [0.05, 0.1) is 20.3 Å². The fraction of sp³-hybridized carbons (Fsp3) is 0.200. The van der Waals surface area contributed by atoms with Crippen LogP contribution < -0.4 is 15.2 Å². The van der Waals surface area contributed by atoms with Gasteiger partial charge in [-0.25, -0.2) is 0 Å². The third-order valence-corrected chi connectivity index (χ3v) is 3.36. The maximum absolute atomic E-state index is 6.28. The normalized spacial score (nSPS) is 12.0. The zero-order valence-electron chi connectivity index (χ0n) is 10.9. The summed E-state index contributed by atoms with van der Waals surface area (Å²) in [5, 5.41) is 0.646. The van der Waals surface area contributed by atoms with E-state index in [2.05, 4.69) is 0 Å². The highest BCUT2D eigenvalue weighted by Gasteiger charge is 2.16. The Labute approximate surface area is 117 Å². The number of hydrogen-bond donors (Lipinski definition) is 1. The van der Waals surface area contributed by atoms with Crippen molar-refractivity contribution >= 4 is 11.6 Å². The molecule has 0 fully saturated rings. The topological polar surface area (TPSA) is 44.5 Å². The molecule has 0 aliphatic carbocycles. The van der Waals surface area contributed by atoms with E-state index in [1.807, 2.05) is 42.5 Å². The minimum absolute atomic E-state index is 0.338. The molecule has 4 heteroatoms. The molecule has 3 nitrogen and oxygen atoms in total. The predicted octanol–water partition coefficient (Wildman–Crippen LogP) is 3.41. The van der Waals surface area contributed by atoms with Gasteiger partial charge in [-0.2, -0.15) is 0 Å².